The molecule has 0 spiro atoms. The summed E-state index contributed by atoms with van der Waals surface area (Å²) >= 11 is 0. The molecule has 1 aromatic carbocycles. The molecule has 1 rings (SSSR count). The molecule has 1 aromatic rings. The zero-order valence-corrected chi connectivity index (χ0v) is 10.4. The number of para-hydroxylation sites is 1. The fourth-order valence-electron chi connectivity index (χ4n) is 0.428. The van der Waals surface area contributed by atoms with Crippen LogP contribution in [0.5, 0.6) is 5.75 Å². The zero-order chi connectivity index (χ0) is 9.61. The van der Waals surface area contributed by atoms with Gasteiger partial charge >= 0.3 is 10.4 Å². The van der Waals surface area contributed by atoms with Crippen LogP contribution in [0.25, 0.3) is 0 Å². The number of benzene rings is 1. The summed E-state index contributed by atoms with van der Waals surface area (Å²) < 4.78 is 31.6. The molecule has 7 heteroatoms. The van der Waals surface area contributed by atoms with Crippen LogP contribution in [0.3, 0.4) is 0 Å². The zero-order valence-electron chi connectivity index (χ0n) is 6.66. The van der Waals surface area contributed by atoms with Gasteiger partial charge in [0.1, 0.15) is 5.75 Å². The molecule has 0 amide bonds. The van der Waals surface area contributed by atoms with Gasteiger partial charge in [-0.25, -0.2) is 0 Å². The summed E-state index contributed by atoms with van der Waals surface area (Å²) in [6.45, 7) is 0. The van der Waals surface area contributed by atoms with Gasteiger partial charge in [0.25, 0.3) is 0 Å². The van der Waals surface area contributed by atoms with Crippen molar-refractivity contribution in [3.63, 3.8) is 0 Å². The SMILES string of the molecule is O=S(=O)(O)O.Oc1ccccc1.[Zn]. The molecule has 13 heavy (non-hydrogen) atoms. The summed E-state index contributed by atoms with van der Waals surface area (Å²) in [6, 6.07) is 8.71. The van der Waals surface area contributed by atoms with Crippen LogP contribution in [-0.4, -0.2) is 22.6 Å². The Hall–Kier alpha value is -0.487. The number of rotatable bonds is 0. The van der Waals surface area contributed by atoms with Crippen molar-refractivity contribution in [1.82, 2.24) is 0 Å². The van der Waals surface area contributed by atoms with Crippen LogP contribution in [0, 0.1) is 0 Å². The standard InChI is InChI=1S/C6H6O.H2O4S.Zn/c7-6-4-2-1-3-5-6;1-5(2,3)4;/h1-5,7H;(H2,1,2,3,4);. The van der Waals surface area contributed by atoms with Crippen molar-refractivity contribution in [2.24, 2.45) is 0 Å². The molecule has 0 aliphatic carbocycles. The van der Waals surface area contributed by atoms with E-state index < -0.39 is 10.4 Å². The Labute approximate surface area is 88.7 Å². The van der Waals surface area contributed by atoms with Gasteiger partial charge in [-0.1, -0.05) is 18.2 Å². The van der Waals surface area contributed by atoms with E-state index in [1.54, 1.807) is 24.3 Å². The minimum Gasteiger partial charge on any atom is -0.508 e. The average molecular weight is 258 g/mol. The maximum atomic E-state index is 8.74. The van der Waals surface area contributed by atoms with Crippen LogP contribution in [0.15, 0.2) is 30.3 Å². The number of hydrogen-bond acceptors (Lipinski definition) is 3. The predicted molar refractivity (Wildman–Crippen MR) is 42.3 cm³/mol. The Morgan fingerprint density at radius 1 is 1.00 bits per heavy atom. The van der Waals surface area contributed by atoms with Crippen molar-refractivity contribution >= 4 is 10.4 Å². The van der Waals surface area contributed by atoms with E-state index in [1.807, 2.05) is 6.07 Å². The summed E-state index contributed by atoms with van der Waals surface area (Å²) in [4.78, 5) is 0. The molecular weight excluding hydrogens is 250 g/mol. The molecule has 0 heterocycles. The smallest absolute Gasteiger partial charge is 0.394 e. The molecule has 0 aromatic heterocycles. The van der Waals surface area contributed by atoms with Crippen LogP contribution < -0.4 is 0 Å². The largest absolute Gasteiger partial charge is 0.508 e. The Morgan fingerprint density at radius 3 is 1.46 bits per heavy atom. The Bertz CT molecular complexity index is 301. The van der Waals surface area contributed by atoms with E-state index in [-0.39, 0.29) is 19.5 Å². The number of phenolic OH excluding ortho intramolecular Hbond substituents is 1. The summed E-state index contributed by atoms with van der Waals surface area (Å²) in [5, 5.41) is 8.63. The van der Waals surface area contributed by atoms with Gasteiger partial charge in [0.05, 0.1) is 0 Å². The van der Waals surface area contributed by atoms with Gasteiger partial charge in [-0.05, 0) is 12.1 Å². The van der Waals surface area contributed by atoms with Gasteiger partial charge in [0.15, 0.2) is 0 Å². The summed E-state index contributed by atoms with van der Waals surface area (Å²) in [7, 11) is -4.67. The second-order valence-corrected chi connectivity index (χ2v) is 2.68. The van der Waals surface area contributed by atoms with Crippen molar-refractivity contribution in [1.29, 1.82) is 0 Å². The van der Waals surface area contributed by atoms with Crippen molar-refractivity contribution in [3.05, 3.63) is 30.3 Å². The van der Waals surface area contributed by atoms with Gasteiger partial charge < -0.3 is 5.11 Å². The molecule has 0 unspecified atom stereocenters. The van der Waals surface area contributed by atoms with E-state index in [0.29, 0.717) is 5.75 Å². The van der Waals surface area contributed by atoms with Crippen LogP contribution in [0.1, 0.15) is 0 Å². The summed E-state index contributed by atoms with van der Waals surface area (Å²) in [6.07, 6.45) is 0. The summed E-state index contributed by atoms with van der Waals surface area (Å²) in [5.41, 5.74) is 0. The average Bonchev–Trinajstić information content (AvgIpc) is 1.85. The van der Waals surface area contributed by atoms with E-state index in [0.717, 1.165) is 0 Å². The van der Waals surface area contributed by atoms with Crippen molar-refractivity contribution in [2.75, 3.05) is 0 Å². The predicted octanol–water partition coefficient (Wildman–Crippen LogP) is 0.737. The molecule has 5 nitrogen and oxygen atoms in total. The van der Waals surface area contributed by atoms with E-state index in [4.69, 9.17) is 22.6 Å². The molecular formula is C6H8O5SZn. The van der Waals surface area contributed by atoms with E-state index >= 15 is 0 Å². The molecule has 0 aliphatic rings. The van der Waals surface area contributed by atoms with Gasteiger partial charge in [-0.2, -0.15) is 8.42 Å². The van der Waals surface area contributed by atoms with Gasteiger partial charge in [0, 0.05) is 19.5 Å². The van der Waals surface area contributed by atoms with Gasteiger partial charge in [-0.3, -0.25) is 9.11 Å². The van der Waals surface area contributed by atoms with Crippen LogP contribution in [0.4, 0.5) is 0 Å². The molecule has 0 saturated heterocycles. The first-order chi connectivity index (χ1) is 5.39. The van der Waals surface area contributed by atoms with Crippen LogP contribution >= 0.6 is 0 Å². The first-order valence-corrected chi connectivity index (χ1v) is 4.23. The fourth-order valence-corrected chi connectivity index (χ4v) is 0.428. The third kappa shape index (κ3) is 18.5. The minimum atomic E-state index is -4.67. The Kier molecular flexibility index (Phi) is 8.04. The molecule has 0 radical (unpaired) electrons. The van der Waals surface area contributed by atoms with Crippen molar-refractivity contribution < 1.29 is 42.1 Å². The van der Waals surface area contributed by atoms with E-state index in [9.17, 15) is 0 Å². The van der Waals surface area contributed by atoms with Crippen molar-refractivity contribution in [2.45, 2.75) is 0 Å². The molecule has 0 bridgehead atoms. The maximum absolute atomic E-state index is 8.74. The normalized spacial score (nSPS) is 9.08. The van der Waals surface area contributed by atoms with Gasteiger partial charge in [-0.15, -0.1) is 0 Å². The second kappa shape index (κ2) is 6.97. The molecule has 0 aliphatic heterocycles. The monoisotopic (exact) mass is 256 g/mol. The quantitative estimate of drug-likeness (QED) is 0.471. The molecule has 0 fully saturated rings. The third-order valence-electron chi connectivity index (χ3n) is 0.756. The topological polar surface area (TPSA) is 94.8 Å². The maximum Gasteiger partial charge on any atom is 0.394 e. The molecule has 0 saturated carbocycles. The van der Waals surface area contributed by atoms with Crippen molar-refractivity contribution in [3.8, 4) is 5.75 Å². The van der Waals surface area contributed by atoms with E-state index in [2.05, 4.69) is 0 Å². The number of aromatic hydroxyl groups is 1. The van der Waals surface area contributed by atoms with Crippen LogP contribution in [-0.2, 0) is 29.9 Å². The molecule has 3 N–H and O–H groups in total. The Morgan fingerprint density at radius 2 is 1.31 bits per heavy atom. The number of phenols is 1. The Balaban J connectivity index is 0. The fraction of sp³-hybridized carbons (Fsp3) is 0. The number of hydrogen-bond donors (Lipinski definition) is 3. The first kappa shape index (κ1) is 15.0. The summed E-state index contributed by atoms with van der Waals surface area (Å²) in [5.74, 6) is 0.322. The first-order valence-electron chi connectivity index (χ1n) is 2.83. The minimum absolute atomic E-state index is 0. The third-order valence-corrected chi connectivity index (χ3v) is 0.756. The molecule has 0 atom stereocenters. The second-order valence-electron chi connectivity index (χ2n) is 1.78. The molecule has 70 valence electrons. The van der Waals surface area contributed by atoms with Gasteiger partial charge in [0.2, 0.25) is 0 Å². The van der Waals surface area contributed by atoms with E-state index in [1.165, 1.54) is 0 Å². The van der Waals surface area contributed by atoms with Crippen LogP contribution in [0.2, 0.25) is 0 Å².